The number of nitrogens with one attached hydrogen (secondary N) is 1. The zero-order valence-electron chi connectivity index (χ0n) is 13.5. The molecule has 122 valence electrons. The summed E-state index contributed by atoms with van der Waals surface area (Å²) in [5.41, 5.74) is 1.75. The molecule has 0 heterocycles. The minimum atomic E-state index is -0.0726. The van der Waals surface area contributed by atoms with Crippen LogP contribution in [0.1, 0.15) is 18.5 Å². The number of methoxy groups -OCH3 is 1. The molecule has 0 aliphatic heterocycles. The summed E-state index contributed by atoms with van der Waals surface area (Å²) in [5.74, 6) is 0.684. The van der Waals surface area contributed by atoms with Crippen molar-refractivity contribution in [2.75, 3.05) is 26.0 Å². The van der Waals surface area contributed by atoms with Gasteiger partial charge < -0.3 is 10.1 Å². The van der Waals surface area contributed by atoms with Gasteiger partial charge in [0, 0.05) is 16.8 Å². The van der Waals surface area contributed by atoms with E-state index in [1.54, 1.807) is 7.11 Å². The van der Waals surface area contributed by atoms with Crippen LogP contribution in [0.5, 0.6) is 5.75 Å². The molecule has 0 radical (unpaired) electrons. The largest absolute Gasteiger partial charge is 0.497 e. The van der Waals surface area contributed by atoms with Crippen LogP contribution >= 0.6 is 11.6 Å². The lowest BCUT2D eigenvalue weighted by Crippen LogP contribution is -2.32. The number of carbonyl (C=O) groups is 1. The molecule has 1 amide bonds. The molecule has 2 aromatic carbocycles. The third-order valence-electron chi connectivity index (χ3n) is 3.78. The van der Waals surface area contributed by atoms with Gasteiger partial charge in [0.2, 0.25) is 5.91 Å². The van der Waals surface area contributed by atoms with E-state index in [0.29, 0.717) is 5.02 Å². The second kappa shape index (κ2) is 7.99. The molecule has 5 heteroatoms. The average molecular weight is 333 g/mol. The van der Waals surface area contributed by atoms with Crippen molar-refractivity contribution in [3.05, 3.63) is 59.1 Å². The topological polar surface area (TPSA) is 41.6 Å². The normalized spacial score (nSPS) is 12.0. The van der Waals surface area contributed by atoms with Gasteiger partial charge in [-0.2, -0.15) is 0 Å². The molecule has 0 saturated heterocycles. The van der Waals surface area contributed by atoms with Crippen molar-refractivity contribution < 1.29 is 9.53 Å². The molecule has 0 fully saturated rings. The fourth-order valence-electron chi connectivity index (χ4n) is 2.29. The minimum Gasteiger partial charge on any atom is -0.497 e. The van der Waals surface area contributed by atoms with Crippen LogP contribution in [-0.2, 0) is 4.79 Å². The molecule has 0 saturated carbocycles. The number of ether oxygens (including phenoxy) is 1. The van der Waals surface area contributed by atoms with Gasteiger partial charge in [0.05, 0.1) is 13.7 Å². The maximum Gasteiger partial charge on any atom is 0.238 e. The van der Waals surface area contributed by atoms with E-state index in [-0.39, 0.29) is 18.5 Å². The second-order valence-electron chi connectivity index (χ2n) is 5.39. The molecule has 2 aromatic rings. The number of amides is 1. The van der Waals surface area contributed by atoms with E-state index < -0.39 is 0 Å². The van der Waals surface area contributed by atoms with Gasteiger partial charge in [0.15, 0.2) is 0 Å². The van der Waals surface area contributed by atoms with Gasteiger partial charge >= 0.3 is 0 Å². The van der Waals surface area contributed by atoms with Crippen LogP contribution < -0.4 is 10.1 Å². The Balaban J connectivity index is 1.94. The molecular weight excluding hydrogens is 312 g/mol. The van der Waals surface area contributed by atoms with Crippen molar-refractivity contribution in [2.45, 2.75) is 13.0 Å². The third kappa shape index (κ3) is 4.71. The van der Waals surface area contributed by atoms with E-state index in [4.69, 9.17) is 16.3 Å². The van der Waals surface area contributed by atoms with Crippen LogP contribution in [0.3, 0.4) is 0 Å². The Labute approximate surface area is 142 Å². The molecule has 0 aliphatic carbocycles. The van der Waals surface area contributed by atoms with E-state index in [1.807, 2.05) is 67.4 Å². The van der Waals surface area contributed by atoms with Gasteiger partial charge in [-0.1, -0.05) is 29.8 Å². The highest BCUT2D eigenvalue weighted by molar-refractivity contribution is 6.31. The standard InChI is InChI=1S/C18H21ClN2O2/c1-13(16-6-4-5-7-17(16)19)21(2)12-18(22)20-14-8-10-15(23-3)11-9-14/h4-11,13H,12H2,1-3H3,(H,20,22). The number of anilines is 1. The summed E-state index contributed by atoms with van der Waals surface area (Å²) in [6.45, 7) is 2.31. The maximum atomic E-state index is 12.2. The highest BCUT2D eigenvalue weighted by Crippen LogP contribution is 2.26. The van der Waals surface area contributed by atoms with Crippen LogP contribution in [0.25, 0.3) is 0 Å². The molecule has 0 bridgehead atoms. The Morgan fingerprint density at radius 3 is 2.48 bits per heavy atom. The van der Waals surface area contributed by atoms with E-state index >= 15 is 0 Å². The Morgan fingerprint density at radius 1 is 1.22 bits per heavy atom. The van der Waals surface area contributed by atoms with Crippen molar-refractivity contribution in [1.82, 2.24) is 4.90 Å². The summed E-state index contributed by atoms with van der Waals surface area (Å²) in [4.78, 5) is 14.1. The lowest BCUT2D eigenvalue weighted by molar-refractivity contribution is -0.117. The van der Waals surface area contributed by atoms with Gasteiger partial charge in [0.1, 0.15) is 5.75 Å². The monoisotopic (exact) mass is 332 g/mol. The molecule has 4 nitrogen and oxygen atoms in total. The van der Waals surface area contributed by atoms with E-state index in [1.165, 1.54) is 0 Å². The summed E-state index contributed by atoms with van der Waals surface area (Å²) in [6.07, 6.45) is 0. The smallest absolute Gasteiger partial charge is 0.238 e. The number of hydrogen-bond donors (Lipinski definition) is 1. The number of benzene rings is 2. The van der Waals surface area contributed by atoms with Gasteiger partial charge in [-0.25, -0.2) is 0 Å². The van der Waals surface area contributed by atoms with Crippen molar-refractivity contribution in [3.8, 4) is 5.75 Å². The Morgan fingerprint density at radius 2 is 1.87 bits per heavy atom. The number of rotatable bonds is 6. The first kappa shape index (κ1) is 17.3. The fraction of sp³-hybridized carbons (Fsp3) is 0.278. The van der Waals surface area contributed by atoms with E-state index in [0.717, 1.165) is 17.0 Å². The summed E-state index contributed by atoms with van der Waals surface area (Å²) in [7, 11) is 3.51. The van der Waals surface area contributed by atoms with Crippen molar-refractivity contribution in [1.29, 1.82) is 0 Å². The lowest BCUT2D eigenvalue weighted by Gasteiger charge is -2.25. The zero-order chi connectivity index (χ0) is 16.8. The number of nitrogens with zero attached hydrogens (tertiary/aromatic N) is 1. The average Bonchev–Trinajstić information content (AvgIpc) is 2.55. The number of hydrogen-bond acceptors (Lipinski definition) is 3. The summed E-state index contributed by atoms with van der Waals surface area (Å²) in [5, 5.41) is 3.59. The maximum absolute atomic E-state index is 12.2. The van der Waals surface area contributed by atoms with Crippen LogP contribution in [0, 0.1) is 0 Å². The molecule has 2 rings (SSSR count). The van der Waals surface area contributed by atoms with E-state index in [9.17, 15) is 4.79 Å². The predicted molar refractivity (Wildman–Crippen MR) is 94.1 cm³/mol. The highest BCUT2D eigenvalue weighted by Gasteiger charge is 2.17. The Kier molecular flexibility index (Phi) is 6.02. The SMILES string of the molecule is COc1ccc(NC(=O)CN(C)C(C)c2ccccc2Cl)cc1. The van der Waals surface area contributed by atoms with Gasteiger partial charge in [-0.15, -0.1) is 0 Å². The fourth-order valence-corrected chi connectivity index (χ4v) is 2.58. The van der Waals surface area contributed by atoms with Crippen LogP contribution in [0.4, 0.5) is 5.69 Å². The van der Waals surface area contributed by atoms with Gasteiger partial charge in [-0.3, -0.25) is 9.69 Å². The lowest BCUT2D eigenvalue weighted by atomic mass is 10.1. The number of halogens is 1. The first-order valence-electron chi connectivity index (χ1n) is 7.40. The highest BCUT2D eigenvalue weighted by atomic mass is 35.5. The molecule has 1 unspecified atom stereocenters. The third-order valence-corrected chi connectivity index (χ3v) is 4.13. The first-order chi connectivity index (χ1) is 11.0. The number of likely N-dealkylation sites (N-methyl/N-ethyl adjacent to an activating group) is 1. The summed E-state index contributed by atoms with van der Waals surface area (Å²) >= 11 is 6.22. The van der Waals surface area contributed by atoms with Crippen LogP contribution in [0.15, 0.2) is 48.5 Å². The van der Waals surface area contributed by atoms with Crippen molar-refractivity contribution >= 4 is 23.2 Å². The first-order valence-corrected chi connectivity index (χ1v) is 7.77. The Hall–Kier alpha value is -2.04. The molecule has 0 aliphatic rings. The van der Waals surface area contributed by atoms with Crippen molar-refractivity contribution in [3.63, 3.8) is 0 Å². The molecular formula is C18H21ClN2O2. The van der Waals surface area contributed by atoms with Gasteiger partial charge in [0.25, 0.3) is 0 Å². The number of carbonyl (C=O) groups excluding carboxylic acids is 1. The second-order valence-corrected chi connectivity index (χ2v) is 5.80. The Bertz CT molecular complexity index is 658. The van der Waals surface area contributed by atoms with Crippen LogP contribution in [0.2, 0.25) is 5.02 Å². The molecule has 1 atom stereocenters. The zero-order valence-corrected chi connectivity index (χ0v) is 14.3. The van der Waals surface area contributed by atoms with Crippen LogP contribution in [-0.4, -0.2) is 31.5 Å². The minimum absolute atomic E-state index is 0.0466. The molecule has 0 spiro atoms. The molecule has 23 heavy (non-hydrogen) atoms. The quantitative estimate of drug-likeness (QED) is 0.870. The summed E-state index contributed by atoms with van der Waals surface area (Å²) in [6, 6.07) is 15.0. The predicted octanol–water partition coefficient (Wildman–Crippen LogP) is 3.98. The van der Waals surface area contributed by atoms with E-state index in [2.05, 4.69) is 5.32 Å². The molecule has 0 aromatic heterocycles. The molecule has 1 N–H and O–H groups in total. The van der Waals surface area contributed by atoms with Gasteiger partial charge in [-0.05, 0) is 49.9 Å². The van der Waals surface area contributed by atoms with Crippen molar-refractivity contribution in [2.24, 2.45) is 0 Å². The summed E-state index contributed by atoms with van der Waals surface area (Å²) < 4.78 is 5.10.